The zero-order valence-corrected chi connectivity index (χ0v) is 8.71. The Morgan fingerprint density at radius 2 is 2.15 bits per heavy atom. The second-order valence-corrected chi connectivity index (χ2v) is 3.51. The number of likely N-dealkylation sites (tertiary alicyclic amines) is 1. The molecule has 1 saturated heterocycles. The third kappa shape index (κ3) is 2.59. The maximum atomic E-state index is 11.4. The number of urea groups is 1. The first kappa shape index (κ1) is 10.3. The van der Waals surface area contributed by atoms with Crippen molar-refractivity contribution in [3.63, 3.8) is 0 Å². The molecule has 1 N–H and O–H groups in total. The molecule has 0 spiro atoms. The largest absolute Gasteiger partial charge is 0.333 e. The van der Waals surface area contributed by atoms with Crippen LogP contribution in [0.5, 0.6) is 0 Å². The lowest BCUT2D eigenvalue weighted by Crippen LogP contribution is -2.60. The number of nitrogens with one attached hydrogen (secondary N) is 1. The molecule has 1 heterocycles. The van der Waals surface area contributed by atoms with Crippen molar-refractivity contribution in [3.05, 3.63) is 0 Å². The molecule has 1 fully saturated rings. The van der Waals surface area contributed by atoms with Gasteiger partial charge in [-0.05, 0) is 13.5 Å². The summed E-state index contributed by atoms with van der Waals surface area (Å²) in [6.45, 7) is 7.94. The number of carbonyl (C=O) groups is 1. The van der Waals surface area contributed by atoms with Gasteiger partial charge in [0.25, 0.3) is 0 Å². The SMILES string of the molecule is CCN1CC(NC(=O)N(C)CC)C1. The average molecular weight is 185 g/mol. The van der Waals surface area contributed by atoms with Gasteiger partial charge in [0, 0.05) is 26.7 Å². The number of nitrogens with zero attached hydrogens (tertiary/aromatic N) is 2. The molecule has 0 aromatic carbocycles. The van der Waals surface area contributed by atoms with Crippen LogP contribution in [0.2, 0.25) is 0 Å². The minimum Gasteiger partial charge on any atom is -0.333 e. The van der Waals surface area contributed by atoms with Crippen molar-refractivity contribution in [1.29, 1.82) is 0 Å². The van der Waals surface area contributed by atoms with Crippen LogP contribution in [-0.2, 0) is 0 Å². The zero-order valence-electron chi connectivity index (χ0n) is 8.71. The van der Waals surface area contributed by atoms with Crippen molar-refractivity contribution in [3.8, 4) is 0 Å². The molecule has 0 atom stereocenters. The minimum absolute atomic E-state index is 0.0447. The molecule has 0 aromatic rings. The lowest BCUT2D eigenvalue weighted by atomic mass is 10.1. The van der Waals surface area contributed by atoms with Gasteiger partial charge >= 0.3 is 6.03 Å². The molecule has 0 saturated carbocycles. The fraction of sp³-hybridized carbons (Fsp3) is 0.889. The fourth-order valence-electron chi connectivity index (χ4n) is 1.35. The Bertz CT molecular complexity index is 178. The number of amides is 2. The van der Waals surface area contributed by atoms with Gasteiger partial charge in [0.15, 0.2) is 0 Å². The molecule has 76 valence electrons. The third-order valence-electron chi connectivity index (χ3n) is 2.55. The molecule has 2 amide bonds. The van der Waals surface area contributed by atoms with Crippen LogP contribution in [0.1, 0.15) is 13.8 Å². The summed E-state index contributed by atoms with van der Waals surface area (Å²) in [4.78, 5) is 15.4. The summed E-state index contributed by atoms with van der Waals surface area (Å²) in [6.07, 6.45) is 0. The topological polar surface area (TPSA) is 35.6 Å². The molecule has 13 heavy (non-hydrogen) atoms. The summed E-state index contributed by atoms with van der Waals surface area (Å²) in [7, 11) is 1.81. The first-order valence-electron chi connectivity index (χ1n) is 4.91. The van der Waals surface area contributed by atoms with E-state index in [1.54, 1.807) is 4.90 Å². The monoisotopic (exact) mass is 185 g/mol. The normalized spacial score (nSPS) is 18.1. The highest BCUT2D eigenvalue weighted by Gasteiger charge is 2.26. The van der Waals surface area contributed by atoms with Crippen LogP contribution in [0.3, 0.4) is 0 Å². The van der Waals surface area contributed by atoms with Gasteiger partial charge in [0.1, 0.15) is 0 Å². The number of likely N-dealkylation sites (N-methyl/N-ethyl adjacent to an activating group) is 1. The number of rotatable bonds is 3. The van der Waals surface area contributed by atoms with Crippen LogP contribution in [0.4, 0.5) is 4.79 Å². The summed E-state index contributed by atoms with van der Waals surface area (Å²) in [5.74, 6) is 0. The van der Waals surface area contributed by atoms with E-state index in [9.17, 15) is 4.79 Å². The second-order valence-electron chi connectivity index (χ2n) is 3.51. The van der Waals surface area contributed by atoms with Gasteiger partial charge in [-0.2, -0.15) is 0 Å². The van der Waals surface area contributed by atoms with Crippen LogP contribution in [0, 0.1) is 0 Å². The first-order chi connectivity index (χ1) is 6.17. The predicted molar refractivity (Wildman–Crippen MR) is 52.7 cm³/mol. The Morgan fingerprint density at radius 3 is 2.62 bits per heavy atom. The molecule has 0 aromatic heterocycles. The fourth-order valence-corrected chi connectivity index (χ4v) is 1.35. The molecule has 1 aliphatic rings. The van der Waals surface area contributed by atoms with Crippen molar-refractivity contribution in [1.82, 2.24) is 15.1 Å². The van der Waals surface area contributed by atoms with E-state index in [1.807, 2.05) is 14.0 Å². The van der Waals surface area contributed by atoms with E-state index in [1.165, 1.54) is 0 Å². The maximum absolute atomic E-state index is 11.4. The van der Waals surface area contributed by atoms with E-state index < -0.39 is 0 Å². The Labute approximate surface area is 79.9 Å². The standard InChI is InChI=1S/C9H19N3O/c1-4-11(3)9(13)10-8-6-12(5-2)7-8/h8H,4-7H2,1-3H3,(H,10,13). The van der Waals surface area contributed by atoms with Gasteiger partial charge in [0.2, 0.25) is 0 Å². The van der Waals surface area contributed by atoms with Crippen molar-refractivity contribution >= 4 is 6.03 Å². The van der Waals surface area contributed by atoms with E-state index in [0.717, 1.165) is 26.2 Å². The van der Waals surface area contributed by atoms with Crippen molar-refractivity contribution < 1.29 is 4.79 Å². The third-order valence-corrected chi connectivity index (χ3v) is 2.55. The minimum atomic E-state index is 0.0447. The zero-order chi connectivity index (χ0) is 9.84. The van der Waals surface area contributed by atoms with Crippen LogP contribution < -0.4 is 5.32 Å². The number of hydrogen-bond donors (Lipinski definition) is 1. The van der Waals surface area contributed by atoms with E-state index in [2.05, 4.69) is 17.1 Å². The number of hydrogen-bond acceptors (Lipinski definition) is 2. The smallest absolute Gasteiger partial charge is 0.317 e. The van der Waals surface area contributed by atoms with Gasteiger partial charge in [-0.25, -0.2) is 4.79 Å². The molecule has 1 aliphatic heterocycles. The van der Waals surface area contributed by atoms with Gasteiger partial charge < -0.3 is 10.2 Å². The van der Waals surface area contributed by atoms with Gasteiger partial charge in [-0.3, -0.25) is 4.90 Å². The maximum Gasteiger partial charge on any atom is 0.317 e. The van der Waals surface area contributed by atoms with Crippen LogP contribution in [-0.4, -0.2) is 55.1 Å². The van der Waals surface area contributed by atoms with Gasteiger partial charge in [-0.1, -0.05) is 6.92 Å². The van der Waals surface area contributed by atoms with Gasteiger partial charge in [0.05, 0.1) is 6.04 Å². The van der Waals surface area contributed by atoms with E-state index in [-0.39, 0.29) is 6.03 Å². The molecular weight excluding hydrogens is 166 g/mol. The molecule has 0 unspecified atom stereocenters. The Hall–Kier alpha value is -0.770. The Kier molecular flexibility index (Phi) is 3.54. The summed E-state index contributed by atoms with van der Waals surface area (Å²) in [6, 6.07) is 0.407. The molecule has 0 aliphatic carbocycles. The molecule has 0 radical (unpaired) electrons. The lowest BCUT2D eigenvalue weighted by Gasteiger charge is -2.39. The summed E-state index contributed by atoms with van der Waals surface area (Å²) >= 11 is 0. The van der Waals surface area contributed by atoms with Crippen molar-refractivity contribution in [2.24, 2.45) is 0 Å². The molecule has 4 heteroatoms. The highest BCUT2D eigenvalue weighted by Crippen LogP contribution is 2.06. The Balaban J connectivity index is 2.16. The van der Waals surface area contributed by atoms with E-state index >= 15 is 0 Å². The summed E-state index contributed by atoms with van der Waals surface area (Å²) < 4.78 is 0. The van der Waals surface area contributed by atoms with E-state index in [0.29, 0.717) is 6.04 Å². The molecular formula is C9H19N3O. The molecule has 4 nitrogen and oxygen atoms in total. The highest BCUT2D eigenvalue weighted by molar-refractivity contribution is 5.74. The van der Waals surface area contributed by atoms with E-state index in [4.69, 9.17) is 0 Å². The van der Waals surface area contributed by atoms with Crippen LogP contribution in [0.15, 0.2) is 0 Å². The molecule has 1 rings (SSSR count). The Morgan fingerprint density at radius 1 is 1.54 bits per heavy atom. The van der Waals surface area contributed by atoms with Gasteiger partial charge in [-0.15, -0.1) is 0 Å². The quantitative estimate of drug-likeness (QED) is 0.688. The van der Waals surface area contributed by atoms with Crippen molar-refractivity contribution in [2.45, 2.75) is 19.9 Å². The first-order valence-corrected chi connectivity index (χ1v) is 4.91. The summed E-state index contributed by atoms with van der Waals surface area (Å²) in [5.41, 5.74) is 0. The van der Waals surface area contributed by atoms with Crippen molar-refractivity contribution in [2.75, 3.05) is 33.2 Å². The van der Waals surface area contributed by atoms with Crippen LogP contribution >= 0.6 is 0 Å². The predicted octanol–water partition coefficient (Wildman–Crippen LogP) is 0.352. The lowest BCUT2D eigenvalue weighted by molar-refractivity contribution is 0.129. The summed E-state index contributed by atoms with van der Waals surface area (Å²) in [5, 5.41) is 2.98. The van der Waals surface area contributed by atoms with Crippen LogP contribution in [0.25, 0.3) is 0 Å². The highest BCUT2D eigenvalue weighted by atomic mass is 16.2. The number of carbonyl (C=O) groups excluding carboxylic acids is 1. The average Bonchev–Trinajstić information content (AvgIpc) is 2.08. The second kappa shape index (κ2) is 4.46. The molecule has 0 bridgehead atoms.